The Kier molecular flexibility index (Phi) is 7.61. The van der Waals surface area contributed by atoms with E-state index >= 15 is 0 Å². The zero-order chi connectivity index (χ0) is 11.0. The lowest BCUT2D eigenvalue weighted by Crippen LogP contribution is -2.32. The number of nitrogens with one attached hydrogen (secondary N) is 1. The number of hydrogen-bond donors (Lipinski definition) is 1. The van der Waals surface area contributed by atoms with Gasteiger partial charge in [0.2, 0.25) is 0 Å². The van der Waals surface area contributed by atoms with Gasteiger partial charge in [0.25, 0.3) is 0 Å². The van der Waals surface area contributed by atoms with Gasteiger partial charge in [-0.05, 0) is 25.7 Å². The second kappa shape index (κ2) is 7.49. The molecule has 86 valence electrons. The lowest BCUT2D eigenvalue weighted by atomic mass is 9.90. The predicted octanol–water partition coefficient (Wildman–Crippen LogP) is 2.66. The molecule has 0 aliphatic heterocycles. The minimum atomic E-state index is 0.291. The van der Waals surface area contributed by atoms with Crippen LogP contribution < -0.4 is 5.32 Å². The van der Waals surface area contributed by atoms with Crippen molar-refractivity contribution in [1.29, 1.82) is 0 Å². The zero-order valence-electron chi connectivity index (χ0n) is 9.90. The van der Waals surface area contributed by atoms with E-state index in [0.717, 1.165) is 32.0 Å². The van der Waals surface area contributed by atoms with Gasteiger partial charge in [0.1, 0.15) is 0 Å². The van der Waals surface area contributed by atoms with Crippen molar-refractivity contribution in [3.8, 4) is 0 Å². The van der Waals surface area contributed by atoms with E-state index in [9.17, 15) is 0 Å². The fourth-order valence-corrected chi connectivity index (χ4v) is 1.65. The van der Waals surface area contributed by atoms with E-state index in [4.69, 9.17) is 16.3 Å². The molecule has 0 heterocycles. The summed E-state index contributed by atoms with van der Waals surface area (Å²) in [5, 5.41) is 3.38. The molecule has 0 saturated heterocycles. The van der Waals surface area contributed by atoms with E-state index in [0.29, 0.717) is 11.5 Å². The monoisotopic (exact) mass is 221 g/mol. The van der Waals surface area contributed by atoms with Crippen LogP contribution in [0.4, 0.5) is 0 Å². The highest BCUT2D eigenvalue weighted by molar-refractivity contribution is 6.17. The third kappa shape index (κ3) is 8.79. The van der Waals surface area contributed by atoms with E-state index in [1.54, 1.807) is 0 Å². The summed E-state index contributed by atoms with van der Waals surface area (Å²) >= 11 is 5.72. The molecule has 0 spiro atoms. The van der Waals surface area contributed by atoms with E-state index in [-0.39, 0.29) is 0 Å². The van der Waals surface area contributed by atoms with E-state index in [1.165, 1.54) is 0 Å². The van der Waals surface area contributed by atoms with Gasteiger partial charge in [0.05, 0.1) is 12.7 Å². The molecule has 3 heteroatoms. The van der Waals surface area contributed by atoms with Crippen LogP contribution in [-0.4, -0.2) is 31.7 Å². The molecule has 2 nitrogen and oxygen atoms in total. The molecule has 14 heavy (non-hydrogen) atoms. The summed E-state index contributed by atoms with van der Waals surface area (Å²) in [4.78, 5) is 0. The maximum absolute atomic E-state index is 5.72. The first-order valence-corrected chi connectivity index (χ1v) is 5.90. The summed E-state index contributed by atoms with van der Waals surface area (Å²) in [7, 11) is 0. The average Bonchev–Trinajstić information content (AvgIpc) is 2.02. The van der Waals surface area contributed by atoms with Crippen LogP contribution in [-0.2, 0) is 4.74 Å². The molecule has 0 radical (unpaired) electrons. The van der Waals surface area contributed by atoms with Crippen molar-refractivity contribution in [2.45, 2.75) is 40.2 Å². The van der Waals surface area contributed by atoms with Crippen LogP contribution >= 0.6 is 11.6 Å². The first kappa shape index (κ1) is 14.2. The number of rotatable bonds is 8. The third-order valence-corrected chi connectivity index (χ3v) is 2.29. The molecule has 0 aliphatic rings. The standard InChI is InChI=1S/C11H24ClNO/c1-10(2)14-8-7-13-9-11(3,4)5-6-12/h10,13H,5-9H2,1-4H3. The molecule has 0 fully saturated rings. The molecule has 0 aliphatic carbocycles. The molecule has 0 rings (SSSR count). The zero-order valence-corrected chi connectivity index (χ0v) is 10.7. The third-order valence-electron chi connectivity index (χ3n) is 2.10. The Bertz CT molecular complexity index is 137. The molecule has 0 atom stereocenters. The highest BCUT2D eigenvalue weighted by Gasteiger charge is 2.15. The van der Waals surface area contributed by atoms with Gasteiger partial charge >= 0.3 is 0 Å². The Morgan fingerprint density at radius 3 is 2.50 bits per heavy atom. The molecule has 0 aromatic carbocycles. The van der Waals surface area contributed by atoms with Crippen LogP contribution in [0.3, 0.4) is 0 Å². The van der Waals surface area contributed by atoms with E-state index in [1.807, 2.05) is 0 Å². The van der Waals surface area contributed by atoms with Crippen molar-refractivity contribution in [1.82, 2.24) is 5.32 Å². The maximum atomic E-state index is 5.72. The second-order valence-electron chi connectivity index (χ2n) is 4.70. The maximum Gasteiger partial charge on any atom is 0.0594 e. The van der Waals surface area contributed by atoms with Crippen LogP contribution in [0, 0.1) is 5.41 Å². The van der Waals surface area contributed by atoms with Gasteiger partial charge in [0, 0.05) is 19.0 Å². The molecule has 0 aromatic heterocycles. The molecule has 0 aromatic rings. The average molecular weight is 222 g/mol. The van der Waals surface area contributed by atoms with Crippen LogP contribution in [0.15, 0.2) is 0 Å². The van der Waals surface area contributed by atoms with Gasteiger partial charge in [-0.15, -0.1) is 11.6 Å². The lowest BCUT2D eigenvalue weighted by molar-refractivity contribution is 0.0794. The summed E-state index contributed by atoms with van der Waals surface area (Å²) in [6.07, 6.45) is 1.37. The Balaban J connectivity index is 3.34. The van der Waals surface area contributed by atoms with Gasteiger partial charge in [-0.25, -0.2) is 0 Å². The Hall–Kier alpha value is 0.210. The molecule has 0 bridgehead atoms. The summed E-state index contributed by atoms with van der Waals surface area (Å²) in [5.41, 5.74) is 0.291. The van der Waals surface area contributed by atoms with Crippen LogP contribution in [0.1, 0.15) is 34.1 Å². The van der Waals surface area contributed by atoms with E-state index in [2.05, 4.69) is 33.0 Å². The number of ether oxygens (including phenoxy) is 1. The number of alkyl halides is 1. The quantitative estimate of drug-likeness (QED) is 0.503. The highest BCUT2D eigenvalue weighted by atomic mass is 35.5. The van der Waals surface area contributed by atoms with Gasteiger partial charge in [-0.3, -0.25) is 0 Å². The van der Waals surface area contributed by atoms with Crippen LogP contribution in [0.5, 0.6) is 0 Å². The Labute approximate surface area is 93.4 Å². The molecule has 0 amide bonds. The van der Waals surface area contributed by atoms with Gasteiger partial charge < -0.3 is 10.1 Å². The Morgan fingerprint density at radius 2 is 2.00 bits per heavy atom. The topological polar surface area (TPSA) is 21.3 Å². The fourth-order valence-electron chi connectivity index (χ4n) is 1.14. The lowest BCUT2D eigenvalue weighted by Gasteiger charge is -2.24. The largest absolute Gasteiger partial charge is 0.377 e. The first-order chi connectivity index (χ1) is 6.48. The SMILES string of the molecule is CC(C)OCCNCC(C)(C)CCCl. The van der Waals surface area contributed by atoms with E-state index < -0.39 is 0 Å². The minimum absolute atomic E-state index is 0.291. The molecule has 0 unspecified atom stereocenters. The summed E-state index contributed by atoms with van der Waals surface area (Å²) in [6, 6.07) is 0. The van der Waals surface area contributed by atoms with Gasteiger partial charge in [-0.1, -0.05) is 13.8 Å². The predicted molar refractivity (Wildman–Crippen MR) is 63.1 cm³/mol. The van der Waals surface area contributed by atoms with Crippen molar-refractivity contribution < 1.29 is 4.74 Å². The van der Waals surface area contributed by atoms with Crippen LogP contribution in [0.2, 0.25) is 0 Å². The molecular formula is C11H24ClNO. The second-order valence-corrected chi connectivity index (χ2v) is 5.08. The summed E-state index contributed by atoms with van der Waals surface area (Å²) in [6.45, 7) is 11.3. The fraction of sp³-hybridized carbons (Fsp3) is 1.00. The first-order valence-electron chi connectivity index (χ1n) is 5.36. The van der Waals surface area contributed by atoms with Crippen molar-refractivity contribution >= 4 is 11.6 Å². The molecule has 1 N–H and O–H groups in total. The van der Waals surface area contributed by atoms with Gasteiger partial charge in [-0.2, -0.15) is 0 Å². The smallest absolute Gasteiger partial charge is 0.0594 e. The minimum Gasteiger partial charge on any atom is -0.377 e. The highest BCUT2D eigenvalue weighted by Crippen LogP contribution is 2.19. The molecule has 0 saturated carbocycles. The van der Waals surface area contributed by atoms with Crippen molar-refractivity contribution in [3.05, 3.63) is 0 Å². The van der Waals surface area contributed by atoms with Crippen molar-refractivity contribution in [2.75, 3.05) is 25.6 Å². The number of hydrogen-bond acceptors (Lipinski definition) is 2. The van der Waals surface area contributed by atoms with Crippen LogP contribution in [0.25, 0.3) is 0 Å². The summed E-state index contributed by atoms with van der Waals surface area (Å²) in [5.74, 6) is 0.733. The van der Waals surface area contributed by atoms with Crippen molar-refractivity contribution in [2.24, 2.45) is 5.41 Å². The Morgan fingerprint density at radius 1 is 1.36 bits per heavy atom. The van der Waals surface area contributed by atoms with Crippen molar-refractivity contribution in [3.63, 3.8) is 0 Å². The summed E-state index contributed by atoms with van der Waals surface area (Å²) < 4.78 is 5.43. The molecular weight excluding hydrogens is 198 g/mol. The number of halogens is 1. The van der Waals surface area contributed by atoms with Gasteiger partial charge in [0.15, 0.2) is 0 Å². The normalized spacial score (nSPS) is 12.4.